The maximum absolute atomic E-state index is 12.1. The molecular formula is C16H15NO4. The van der Waals surface area contributed by atoms with Crippen LogP contribution in [0.1, 0.15) is 21.5 Å². The van der Waals surface area contributed by atoms with Gasteiger partial charge in [0.15, 0.2) is 12.4 Å². The number of nitro benzene ring substituents is 1. The van der Waals surface area contributed by atoms with Gasteiger partial charge in [0.05, 0.1) is 4.92 Å². The van der Waals surface area contributed by atoms with Gasteiger partial charge in [-0.05, 0) is 31.5 Å². The van der Waals surface area contributed by atoms with Crippen molar-refractivity contribution in [3.63, 3.8) is 0 Å². The SMILES string of the molecule is Cc1ccccc1C(=O)COc1ccc([N+](=O)[O-])c(C)c1. The van der Waals surface area contributed by atoms with E-state index in [0.717, 1.165) is 5.56 Å². The minimum Gasteiger partial charge on any atom is -0.485 e. The molecule has 0 spiro atoms. The van der Waals surface area contributed by atoms with Crippen molar-refractivity contribution in [3.05, 3.63) is 69.3 Å². The summed E-state index contributed by atoms with van der Waals surface area (Å²) in [5, 5.41) is 10.7. The Bertz CT molecular complexity index is 694. The van der Waals surface area contributed by atoms with Crippen LogP contribution in [0.2, 0.25) is 0 Å². The van der Waals surface area contributed by atoms with E-state index in [0.29, 0.717) is 16.9 Å². The van der Waals surface area contributed by atoms with Crippen LogP contribution in [-0.2, 0) is 0 Å². The van der Waals surface area contributed by atoms with Crippen molar-refractivity contribution < 1.29 is 14.5 Å². The Kier molecular flexibility index (Phi) is 4.33. The number of Topliss-reactive ketones (excluding diaryl/α,β-unsaturated/α-hetero) is 1. The standard InChI is InChI=1S/C16H15NO4/c1-11-5-3-4-6-14(11)16(18)10-21-13-7-8-15(17(19)20)12(2)9-13/h3-9H,10H2,1-2H3. The Balaban J connectivity index is 2.07. The Morgan fingerprint density at radius 1 is 1.14 bits per heavy atom. The number of carbonyl (C=O) groups is 1. The summed E-state index contributed by atoms with van der Waals surface area (Å²) in [7, 11) is 0. The molecule has 0 aliphatic carbocycles. The molecule has 0 saturated heterocycles. The summed E-state index contributed by atoms with van der Waals surface area (Å²) >= 11 is 0. The van der Waals surface area contributed by atoms with Crippen molar-refractivity contribution in [1.29, 1.82) is 0 Å². The minimum absolute atomic E-state index is 0.0348. The number of benzene rings is 2. The first-order valence-electron chi connectivity index (χ1n) is 6.45. The van der Waals surface area contributed by atoms with E-state index in [2.05, 4.69) is 0 Å². The molecule has 2 aromatic rings. The fourth-order valence-corrected chi connectivity index (χ4v) is 2.03. The number of ketones is 1. The molecular weight excluding hydrogens is 270 g/mol. The topological polar surface area (TPSA) is 69.4 Å². The van der Waals surface area contributed by atoms with Crippen molar-refractivity contribution in [1.82, 2.24) is 0 Å². The third kappa shape index (κ3) is 3.45. The molecule has 0 saturated carbocycles. The summed E-state index contributed by atoms with van der Waals surface area (Å²) in [5.41, 5.74) is 2.05. The van der Waals surface area contributed by atoms with Crippen LogP contribution in [0, 0.1) is 24.0 Å². The molecule has 0 bridgehead atoms. The lowest BCUT2D eigenvalue weighted by atomic mass is 10.1. The van der Waals surface area contributed by atoms with Crippen LogP contribution in [0.15, 0.2) is 42.5 Å². The van der Waals surface area contributed by atoms with E-state index >= 15 is 0 Å². The minimum atomic E-state index is -0.447. The second-order valence-corrected chi connectivity index (χ2v) is 4.73. The van der Waals surface area contributed by atoms with Crippen molar-refractivity contribution >= 4 is 11.5 Å². The highest BCUT2D eigenvalue weighted by Crippen LogP contribution is 2.23. The van der Waals surface area contributed by atoms with E-state index in [1.54, 1.807) is 25.1 Å². The van der Waals surface area contributed by atoms with Gasteiger partial charge in [0.1, 0.15) is 5.75 Å². The highest BCUT2D eigenvalue weighted by Gasteiger charge is 2.12. The molecule has 0 radical (unpaired) electrons. The van der Waals surface area contributed by atoms with E-state index in [1.165, 1.54) is 12.1 Å². The smallest absolute Gasteiger partial charge is 0.272 e. The molecule has 0 N–H and O–H groups in total. The average molecular weight is 285 g/mol. The maximum Gasteiger partial charge on any atom is 0.272 e. The van der Waals surface area contributed by atoms with Crippen molar-refractivity contribution in [2.45, 2.75) is 13.8 Å². The molecule has 0 unspecified atom stereocenters. The molecule has 0 amide bonds. The lowest BCUT2D eigenvalue weighted by molar-refractivity contribution is -0.385. The molecule has 0 aliphatic rings. The van der Waals surface area contributed by atoms with Gasteiger partial charge in [-0.25, -0.2) is 0 Å². The molecule has 2 rings (SSSR count). The van der Waals surface area contributed by atoms with E-state index < -0.39 is 4.92 Å². The van der Waals surface area contributed by atoms with Gasteiger partial charge >= 0.3 is 0 Å². The van der Waals surface area contributed by atoms with Crippen molar-refractivity contribution in [3.8, 4) is 5.75 Å². The molecule has 0 aliphatic heterocycles. The number of rotatable bonds is 5. The average Bonchev–Trinajstić information content (AvgIpc) is 2.45. The van der Waals surface area contributed by atoms with Gasteiger partial charge in [-0.1, -0.05) is 24.3 Å². The summed E-state index contributed by atoms with van der Waals surface area (Å²) in [4.78, 5) is 22.4. The molecule has 5 nitrogen and oxygen atoms in total. The van der Waals surface area contributed by atoms with Crippen LogP contribution in [0.4, 0.5) is 5.69 Å². The number of hydrogen-bond donors (Lipinski definition) is 0. The molecule has 21 heavy (non-hydrogen) atoms. The largest absolute Gasteiger partial charge is 0.485 e. The summed E-state index contributed by atoms with van der Waals surface area (Å²) < 4.78 is 5.42. The fourth-order valence-electron chi connectivity index (χ4n) is 2.03. The molecule has 108 valence electrons. The highest BCUT2D eigenvalue weighted by atomic mass is 16.6. The van der Waals surface area contributed by atoms with Gasteiger partial charge < -0.3 is 4.74 Å². The third-order valence-electron chi connectivity index (χ3n) is 3.18. The Morgan fingerprint density at radius 3 is 2.48 bits per heavy atom. The third-order valence-corrected chi connectivity index (χ3v) is 3.18. The highest BCUT2D eigenvalue weighted by molar-refractivity contribution is 5.98. The van der Waals surface area contributed by atoms with E-state index in [9.17, 15) is 14.9 Å². The summed E-state index contributed by atoms with van der Waals surface area (Å²) in [6.45, 7) is 3.40. The van der Waals surface area contributed by atoms with Gasteiger partial charge in [0.2, 0.25) is 0 Å². The van der Waals surface area contributed by atoms with Gasteiger partial charge in [-0.2, -0.15) is 0 Å². The summed E-state index contributed by atoms with van der Waals surface area (Å²) in [6.07, 6.45) is 0. The zero-order valence-corrected chi connectivity index (χ0v) is 11.8. The molecule has 0 fully saturated rings. The second kappa shape index (κ2) is 6.17. The predicted octanol–water partition coefficient (Wildman–Crippen LogP) is 3.47. The molecule has 0 heterocycles. The van der Waals surface area contributed by atoms with Crippen molar-refractivity contribution in [2.24, 2.45) is 0 Å². The number of carbonyl (C=O) groups excluding carboxylic acids is 1. The number of aryl methyl sites for hydroxylation is 2. The molecule has 0 atom stereocenters. The Labute approximate surface area is 122 Å². The van der Waals surface area contributed by atoms with E-state index in [4.69, 9.17) is 4.74 Å². The Hall–Kier alpha value is -2.69. The first-order valence-corrected chi connectivity index (χ1v) is 6.45. The summed E-state index contributed by atoms with van der Waals surface area (Å²) in [5.74, 6) is 0.323. The monoisotopic (exact) mass is 285 g/mol. The molecule has 0 aromatic heterocycles. The Morgan fingerprint density at radius 2 is 1.86 bits per heavy atom. The number of hydrogen-bond acceptors (Lipinski definition) is 4. The van der Waals surface area contributed by atoms with Crippen LogP contribution in [0.25, 0.3) is 0 Å². The van der Waals surface area contributed by atoms with Crippen LogP contribution in [0.3, 0.4) is 0 Å². The first kappa shape index (κ1) is 14.7. The lowest BCUT2D eigenvalue weighted by Gasteiger charge is -2.08. The zero-order valence-electron chi connectivity index (χ0n) is 11.8. The van der Waals surface area contributed by atoms with Crippen LogP contribution in [-0.4, -0.2) is 17.3 Å². The lowest BCUT2D eigenvalue weighted by Crippen LogP contribution is -2.12. The fraction of sp³-hybridized carbons (Fsp3) is 0.188. The van der Waals surface area contributed by atoms with Crippen LogP contribution in [0.5, 0.6) is 5.75 Å². The number of nitrogens with zero attached hydrogens (tertiary/aromatic N) is 1. The predicted molar refractivity (Wildman–Crippen MR) is 78.8 cm³/mol. The molecule has 5 heteroatoms. The zero-order chi connectivity index (χ0) is 15.4. The normalized spacial score (nSPS) is 10.2. The van der Waals surface area contributed by atoms with E-state index in [-0.39, 0.29) is 18.1 Å². The quantitative estimate of drug-likeness (QED) is 0.479. The number of nitro groups is 1. The van der Waals surface area contributed by atoms with Gasteiger partial charge in [0, 0.05) is 17.2 Å². The van der Waals surface area contributed by atoms with Crippen LogP contribution >= 0.6 is 0 Å². The maximum atomic E-state index is 12.1. The van der Waals surface area contributed by atoms with Gasteiger partial charge in [0.25, 0.3) is 5.69 Å². The summed E-state index contributed by atoms with van der Waals surface area (Å²) in [6, 6.07) is 11.7. The van der Waals surface area contributed by atoms with Crippen molar-refractivity contribution in [2.75, 3.05) is 6.61 Å². The van der Waals surface area contributed by atoms with E-state index in [1.807, 2.05) is 19.1 Å². The van der Waals surface area contributed by atoms with Gasteiger partial charge in [-0.15, -0.1) is 0 Å². The van der Waals surface area contributed by atoms with Gasteiger partial charge in [-0.3, -0.25) is 14.9 Å². The number of ether oxygens (including phenoxy) is 1. The first-order chi connectivity index (χ1) is 9.99. The molecule has 2 aromatic carbocycles. The van der Waals surface area contributed by atoms with Crippen LogP contribution < -0.4 is 4.74 Å². The second-order valence-electron chi connectivity index (χ2n) is 4.73.